The Bertz CT molecular complexity index is 448. The van der Waals surface area contributed by atoms with Crippen molar-refractivity contribution in [3.8, 4) is 0 Å². The van der Waals surface area contributed by atoms with Gasteiger partial charge in [0.05, 0.1) is 6.42 Å². The van der Waals surface area contributed by atoms with Crippen LogP contribution in [0.3, 0.4) is 0 Å². The summed E-state index contributed by atoms with van der Waals surface area (Å²) in [6.45, 7) is 3.83. The van der Waals surface area contributed by atoms with Crippen LogP contribution in [0.2, 0.25) is 5.02 Å². The van der Waals surface area contributed by atoms with Crippen molar-refractivity contribution >= 4 is 17.5 Å². The van der Waals surface area contributed by atoms with Crippen LogP contribution in [0.25, 0.3) is 0 Å². The number of halogens is 1. The number of nitrogens with zero attached hydrogens (tertiary/aromatic N) is 2. The average molecular weight is 279 g/mol. The minimum atomic E-state index is 0.234. The monoisotopic (exact) mass is 278 g/mol. The molecule has 0 radical (unpaired) electrons. The fourth-order valence-electron chi connectivity index (χ4n) is 2.66. The van der Waals surface area contributed by atoms with Crippen molar-refractivity contribution in [2.45, 2.75) is 25.3 Å². The number of carbonyl (C=O) groups is 1. The second-order valence-corrected chi connectivity index (χ2v) is 5.89. The summed E-state index contributed by atoms with van der Waals surface area (Å²) >= 11 is 5.85. The van der Waals surface area contributed by atoms with Gasteiger partial charge in [0.15, 0.2) is 0 Å². The number of amides is 1. The zero-order valence-corrected chi connectivity index (χ0v) is 11.8. The summed E-state index contributed by atoms with van der Waals surface area (Å²) in [4.78, 5) is 16.7. The van der Waals surface area contributed by atoms with Gasteiger partial charge in [-0.3, -0.25) is 9.69 Å². The molecule has 3 rings (SSSR count). The Balaban J connectivity index is 1.51. The molecule has 2 fully saturated rings. The molecular formula is C15H19ClN2O. The van der Waals surface area contributed by atoms with Crippen LogP contribution in [-0.4, -0.2) is 47.9 Å². The van der Waals surface area contributed by atoms with E-state index >= 15 is 0 Å². The minimum Gasteiger partial charge on any atom is -0.340 e. The van der Waals surface area contributed by atoms with Crippen molar-refractivity contribution in [1.29, 1.82) is 0 Å². The number of carbonyl (C=O) groups excluding carboxylic acids is 1. The van der Waals surface area contributed by atoms with E-state index in [0.717, 1.165) is 37.8 Å². The molecule has 0 bridgehead atoms. The van der Waals surface area contributed by atoms with Crippen LogP contribution in [-0.2, 0) is 11.2 Å². The standard InChI is InChI=1S/C15H19ClN2O/c16-13-3-1-12(2-4-13)11-15(19)18-9-7-17(8-10-18)14-5-6-14/h1-4,14H,5-11H2. The molecule has 1 saturated heterocycles. The summed E-state index contributed by atoms with van der Waals surface area (Å²) in [6.07, 6.45) is 3.18. The maximum absolute atomic E-state index is 12.2. The summed E-state index contributed by atoms with van der Waals surface area (Å²) < 4.78 is 0. The molecule has 1 saturated carbocycles. The molecular weight excluding hydrogens is 260 g/mol. The van der Waals surface area contributed by atoms with E-state index in [-0.39, 0.29) is 5.91 Å². The van der Waals surface area contributed by atoms with Crippen molar-refractivity contribution in [3.63, 3.8) is 0 Å². The van der Waals surface area contributed by atoms with Gasteiger partial charge in [-0.1, -0.05) is 23.7 Å². The highest BCUT2D eigenvalue weighted by atomic mass is 35.5. The van der Waals surface area contributed by atoms with Crippen LogP contribution >= 0.6 is 11.6 Å². The third-order valence-electron chi connectivity index (χ3n) is 4.00. The largest absolute Gasteiger partial charge is 0.340 e. The summed E-state index contributed by atoms with van der Waals surface area (Å²) in [7, 11) is 0. The summed E-state index contributed by atoms with van der Waals surface area (Å²) in [5, 5.41) is 0.717. The number of piperazine rings is 1. The van der Waals surface area contributed by atoms with Gasteiger partial charge in [0.25, 0.3) is 0 Å². The van der Waals surface area contributed by atoms with Crippen LogP contribution in [0.15, 0.2) is 24.3 Å². The van der Waals surface area contributed by atoms with E-state index in [1.807, 2.05) is 29.2 Å². The molecule has 3 nitrogen and oxygen atoms in total. The fourth-order valence-corrected chi connectivity index (χ4v) is 2.79. The third kappa shape index (κ3) is 3.28. The smallest absolute Gasteiger partial charge is 0.227 e. The summed E-state index contributed by atoms with van der Waals surface area (Å²) in [5.74, 6) is 0.234. The SMILES string of the molecule is O=C(Cc1ccc(Cl)cc1)N1CCN(C2CC2)CC1. The predicted molar refractivity (Wildman–Crippen MR) is 76.3 cm³/mol. The van der Waals surface area contributed by atoms with E-state index in [9.17, 15) is 4.79 Å². The topological polar surface area (TPSA) is 23.6 Å². The molecule has 0 aromatic heterocycles. The molecule has 2 aliphatic rings. The maximum Gasteiger partial charge on any atom is 0.227 e. The van der Waals surface area contributed by atoms with Gasteiger partial charge in [-0.15, -0.1) is 0 Å². The van der Waals surface area contributed by atoms with Crippen LogP contribution in [0.4, 0.5) is 0 Å². The Labute approximate surface area is 119 Å². The Kier molecular flexibility index (Phi) is 3.76. The summed E-state index contributed by atoms with van der Waals surface area (Å²) in [5.41, 5.74) is 1.04. The zero-order valence-electron chi connectivity index (χ0n) is 11.0. The molecule has 1 aromatic rings. The van der Waals surface area contributed by atoms with E-state index in [0.29, 0.717) is 11.4 Å². The van der Waals surface area contributed by atoms with E-state index < -0.39 is 0 Å². The highest BCUT2D eigenvalue weighted by Crippen LogP contribution is 2.27. The third-order valence-corrected chi connectivity index (χ3v) is 4.25. The van der Waals surface area contributed by atoms with Gasteiger partial charge in [0, 0.05) is 37.2 Å². The van der Waals surface area contributed by atoms with Crippen molar-refractivity contribution in [2.24, 2.45) is 0 Å². The van der Waals surface area contributed by atoms with Gasteiger partial charge < -0.3 is 4.90 Å². The van der Waals surface area contributed by atoms with E-state index in [2.05, 4.69) is 4.90 Å². The van der Waals surface area contributed by atoms with Crippen molar-refractivity contribution in [1.82, 2.24) is 9.80 Å². The minimum absolute atomic E-state index is 0.234. The first-order valence-corrected chi connectivity index (χ1v) is 7.36. The highest BCUT2D eigenvalue weighted by molar-refractivity contribution is 6.30. The zero-order chi connectivity index (χ0) is 13.2. The maximum atomic E-state index is 12.2. The van der Waals surface area contributed by atoms with E-state index in [1.165, 1.54) is 12.8 Å². The Morgan fingerprint density at radius 3 is 2.32 bits per heavy atom. The predicted octanol–water partition coefficient (Wildman–Crippen LogP) is 2.19. The quantitative estimate of drug-likeness (QED) is 0.846. The molecule has 19 heavy (non-hydrogen) atoms. The Morgan fingerprint density at radius 1 is 1.11 bits per heavy atom. The lowest BCUT2D eigenvalue weighted by molar-refractivity contribution is -0.132. The molecule has 4 heteroatoms. The lowest BCUT2D eigenvalue weighted by Gasteiger charge is -2.34. The summed E-state index contributed by atoms with van der Waals surface area (Å²) in [6, 6.07) is 8.36. The van der Waals surface area contributed by atoms with Crippen molar-refractivity contribution in [3.05, 3.63) is 34.9 Å². The molecule has 0 N–H and O–H groups in total. The van der Waals surface area contributed by atoms with Gasteiger partial charge in [-0.2, -0.15) is 0 Å². The van der Waals surface area contributed by atoms with Gasteiger partial charge in [-0.25, -0.2) is 0 Å². The number of hydrogen-bond donors (Lipinski definition) is 0. The first-order valence-electron chi connectivity index (χ1n) is 6.98. The molecule has 1 amide bonds. The van der Waals surface area contributed by atoms with E-state index in [4.69, 9.17) is 11.6 Å². The fraction of sp³-hybridized carbons (Fsp3) is 0.533. The molecule has 1 aromatic carbocycles. The molecule has 1 aliphatic heterocycles. The lowest BCUT2D eigenvalue weighted by atomic mass is 10.1. The molecule has 0 atom stereocenters. The normalized spacial score (nSPS) is 20.6. The molecule has 0 unspecified atom stereocenters. The Hall–Kier alpha value is -1.06. The lowest BCUT2D eigenvalue weighted by Crippen LogP contribution is -2.49. The molecule has 1 aliphatic carbocycles. The molecule has 1 heterocycles. The molecule has 0 spiro atoms. The first-order chi connectivity index (χ1) is 9.22. The molecule has 102 valence electrons. The Morgan fingerprint density at radius 2 is 1.74 bits per heavy atom. The second kappa shape index (κ2) is 5.51. The van der Waals surface area contributed by atoms with Gasteiger partial charge >= 0.3 is 0 Å². The number of benzene rings is 1. The number of hydrogen-bond acceptors (Lipinski definition) is 2. The van der Waals surface area contributed by atoms with Crippen LogP contribution in [0, 0.1) is 0 Å². The average Bonchev–Trinajstić information content (AvgIpc) is 3.26. The van der Waals surface area contributed by atoms with Crippen LogP contribution < -0.4 is 0 Å². The van der Waals surface area contributed by atoms with Gasteiger partial charge in [0.2, 0.25) is 5.91 Å². The van der Waals surface area contributed by atoms with Crippen LogP contribution in [0.5, 0.6) is 0 Å². The van der Waals surface area contributed by atoms with Crippen molar-refractivity contribution < 1.29 is 4.79 Å². The van der Waals surface area contributed by atoms with E-state index in [1.54, 1.807) is 0 Å². The number of rotatable bonds is 3. The second-order valence-electron chi connectivity index (χ2n) is 5.45. The van der Waals surface area contributed by atoms with Crippen LogP contribution in [0.1, 0.15) is 18.4 Å². The highest BCUT2D eigenvalue weighted by Gasteiger charge is 2.32. The van der Waals surface area contributed by atoms with Gasteiger partial charge in [0.1, 0.15) is 0 Å². The first kappa shape index (κ1) is 12.9. The van der Waals surface area contributed by atoms with Crippen molar-refractivity contribution in [2.75, 3.05) is 26.2 Å². The van der Waals surface area contributed by atoms with Gasteiger partial charge in [-0.05, 0) is 30.5 Å².